The van der Waals surface area contributed by atoms with E-state index in [-0.39, 0.29) is 36.2 Å². The minimum absolute atomic E-state index is 0.0326. The number of carbonyl (C=O) groups excluding carboxylic acids is 2. The van der Waals surface area contributed by atoms with Crippen LogP contribution in [0.1, 0.15) is 33.3 Å². The molecule has 0 aromatic heterocycles. The Morgan fingerprint density at radius 2 is 2.00 bits per heavy atom. The number of nitrogens with zero attached hydrogens (tertiary/aromatic N) is 3. The highest BCUT2D eigenvalue weighted by molar-refractivity contribution is 7.90. The largest absolute Gasteiger partial charge is 0.442 e. The Morgan fingerprint density at radius 3 is 2.58 bits per heavy atom. The highest BCUT2D eigenvalue weighted by atomic mass is 32.2. The highest BCUT2D eigenvalue weighted by Gasteiger charge is 2.61. The molecular formula is C19H26FN5O5S. The summed E-state index contributed by atoms with van der Waals surface area (Å²) in [6.45, 7) is 5.90. The summed E-state index contributed by atoms with van der Waals surface area (Å²) >= 11 is 0. The van der Waals surface area contributed by atoms with Crippen LogP contribution in [-0.2, 0) is 25.1 Å². The third kappa shape index (κ3) is 4.03. The molecule has 2 aliphatic rings. The molecule has 2 unspecified atom stereocenters. The molecule has 12 heteroatoms. The van der Waals surface area contributed by atoms with Crippen LogP contribution < -0.4 is 11.1 Å². The summed E-state index contributed by atoms with van der Waals surface area (Å²) in [6, 6.07) is 3.80. The fourth-order valence-corrected chi connectivity index (χ4v) is 5.65. The summed E-state index contributed by atoms with van der Waals surface area (Å²) in [7, 11) is -2.93. The second-order valence-electron chi connectivity index (χ2n) is 8.65. The fraction of sp³-hybridized carbons (Fsp3) is 0.526. The van der Waals surface area contributed by atoms with E-state index in [1.807, 2.05) is 0 Å². The molecule has 3 N–H and O–H groups in total. The summed E-state index contributed by atoms with van der Waals surface area (Å²) in [5.41, 5.74) is 3.58. The predicted molar refractivity (Wildman–Crippen MR) is 112 cm³/mol. The van der Waals surface area contributed by atoms with Crippen molar-refractivity contribution in [1.82, 2.24) is 14.5 Å². The van der Waals surface area contributed by atoms with Crippen molar-refractivity contribution in [3.8, 4) is 0 Å². The number of ether oxygens (including phenoxy) is 1. The molecule has 2 heterocycles. The van der Waals surface area contributed by atoms with Gasteiger partial charge < -0.3 is 20.7 Å². The number of rotatable bonds is 1. The van der Waals surface area contributed by atoms with Gasteiger partial charge in [-0.25, -0.2) is 21.9 Å². The van der Waals surface area contributed by atoms with Crippen LogP contribution >= 0.6 is 0 Å². The van der Waals surface area contributed by atoms with Gasteiger partial charge in [0.2, 0.25) is 21.9 Å². The predicted octanol–water partition coefficient (Wildman–Crippen LogP) is 0.990. The van der Waals surface area contributed by atoms with Gasteiger partial charge in [0, 0.05) is 38.3 Å². The third-order valence-electron chi connectivity index (χ3n) is 5.26. The van der Waals surface area contributed by atoms with Crippen LogP contribution in [0.2, 0.25) is 0 Å². The molecule has 2 aliphatic heterocycles. The molecular weight excluding hydrogens is 429 g/mol. The molecule has 0 radical (unpaired) electrons. The molecule has 2 fully saturated rings. The minimum atomic E-state index is -4.15. The molecule has 2 saturated heterocycles. The standard InChI is InChI=1S/C19H26FN5O5S/c1-11(26)25-9-15-19(10-25,13-8-12(21)6-7-14(13)20)23-16(24(5)31(15,28)29)22-17(27)30-18(2,3)4/h6-8,15H,9-10,21H2,1-5H3,(H,22,23,27). The Morgan fingerprint density at radius 1 is 1.35 bits per heavy atom. The second kappa shape index (κ2) is 7.36. The van der Waals surface area contributed by atoms with Gasteiger partial charge in [-0.3, -0.25) is 4.79 Å². The number of aliphatic imine (C=N–C) groups is 1. The molecule has 1 aromatic carbocycles. The van der Waals surface area contributed by atoms with Gasteiger partial charge >= 0.3 is 6.09 Å². The Balaban J connectivity index is 2.19. The van der Waals surface area contributed by atoms with Crippen LogP contribution in [0.4, 0.5) is 14.9 Å². The van der Waals surface area contributed by atoms with Crippen LogP contribution in [0.15, 0.2) is 23.2 Å². The van der Waals surface area contributed by atoms with Gasteiger partial charge in [-0.2, -0.15) is 0 Å². The number of hydrogen-bond donors (Lipinski definition) is 2. The number of hydrogen-bond acceptors (Lipinski definition) is 6. The van der Waals surface area contributed by atoms with Crippen LogP contribution in [-0.4, -0.2) is 66.6 Å². The maximum atomic E-state index is 14.9. The van der Waals surface area contributed by atoms with E-state index in [0.717, 1.165) is 10.4 Å². The number of guanidine groups is 1. The smallest absolute Gasteiger partial charge is 0.437 e. The van der Waals surface area contributed by atoms with Gasteiger partial charge in [0.05, 0.1) is 0 Å². The van der Waals surface area contributed by atoms with Crippen LogP contribution in [0.25, 0.3) is 0 Å². The zero-order chi connectivity index (χ0) is 23.4. The number of nitrogens with two attached hydrogens (primary N) is 1. The minimum Gasteiger partial charge on any atom is -0.442 e. The monoisotopic (exact) mass is 455 g/mol. The SMILES string of the molecule is CC(=O)N1CC2C(c3cc(N)ccc3F)(C1)N/C(=N\C(=O)OC(C)(C)C)N(C)S2(=O)=O. The van der Waals surface area contributed by atoms with Gasteiger partial charge in [0.25, 0.3) is 0 Å². The van der Waals surface area contributed by atoms with E-state index in [9.17, 15) is 22.4 Å². The molecule has 0 bridgehead atoms. The highest BCUT2D eigenvalue weighted by Crippen LogP contribution is 2.42. The van der Waals surface area contributed by atoms with E-state index >= 15 is 0 Å². The zero-order valence-electron chi connectivity index (χ0n) is 18.0. The van der Waals surface area contributed by atoms with E-state index < -0.39 is 38.3 Å². The van der Waals surface area contributed by atoms with Crippen molar-refractivity contribution in [1.29, 1.82) is 0 Å². The summed E-state index contributed by atoms with van der Waals surface area (Å²) < 4.78 is 47.7. The maximum absolute atomic E-state index is 14.9. The van der Waals surface area contributed by atoms with Crippen LogP contribution in [0.3, 0.4) is 0 Å². The number of anilines is 1. The van der Waals surface area contributed by atoms with E-state index in [4.69, 9.17) is 10.5 Å². The summed E-state index contributed by atoms with van der Waals surface area (Å²) in [5.74, 6) is -1.41. The van der Waals surface area contributed by atoms with E-state index in [0.29, 0.717) is 0 Å². The Kier molecular flexibility index (Phi) is 5.41. The first-order valence-electron chi connectivity index (χ1n) is 9.56. The number of sulfonamides is 1. The molecule has 1 aromatic rings. The molecule has 10 nitrogen and oxygen atoms in total. The molecule has 0 saturated carbocycles. The van der Waals surface area contributed by atoms with E-state index in [2.05, 4.69) is 10.3 Å². The number of fused-ring (bicyclic) bond motifs is 1. The van der Waals surface area contributed by atoms with Crippen LogP contribution in [0, 0.1) is 5.82 Å². The third-order valence-corrected chi connectivity index (χ3v) is 7.46. The van der Waals surface area contributed by atoms with Crippen molar-refractivity contribution in [2.45, 2.75) is 44.1 Å². The zero-order valence-corrected chi connectivity index (χ0v) is 18.8. The van der Waals surface area contributed by atoms with Crippen LogP contribution in [0.5, 0.6) is 0 Å². The average molecular weight is 456 g/mol. The van der Waals surface area contributed by atoms with Gasteiger partial charge in [-0.05, 0) is 39.0 Å². The van der Waals surface area contributed by atoms with E-state index in [1.54, 1.807) is 20.8 Å². The summed E-state index contributed by atoms with van der Waals surface area (Å²) in [5, 5.41) is 1.69. The number of likely N-dealkylation sites (tertiary alicyclic amines) is 1. The average Bonchev–Trinajstić information content (AvgIpc) is 3.02. The number of benzene rings is 1. The van der Waals surface area contributed by atoms with E-state index in [1.165, 1.54) is 31.0 Å². The van der Waals surface area contributed by atoms with Gasteiger partial charge in [0.1, 0.15) is 22.2 Å². The number of nitrogens with one attached hydrogen (secondary N) is 1. The molecule has 2 atom stereocenters. The van der Waals surface area contributed by atoms with Crippen molar-refractivity contribution in [3.05, 3.63) is 29.6 Å². The topological polar surface area (TPSA) is 134 Å². The first kappa shape index (κ1) is 22.8. The molecule has 0 aliphatic carbocycles. The molecule has 31 heavy (non-hydrogen) atoms. The first-order valence-corrected chi connectivity index (χ1v) is 11.1. The lowest BCUT2D eigenvalue weighted by Gasteiger charge is -2.44. The van der Waals surface area contributed by atoms with Gasteiger partial charge in [-0.15, -0.1) is 4.99 Å². The molecule has 170 valence electrons. The lowest BCUT2D eigenvalue weighted by molar-refractivity contribution is -0.128. The van der Waals surface area contributed by atoms with Crippen molar-refractivity contribution in [3.63, 3.8) is 0 Å². The summed E-state index contributed by atoms with van der Waals surface area (Å²) in [4.78, 5) is 29.5. The molecule has 2 amide bonds. The Bertz CT molecular complexity index is 1070. The Labute approximate surface area is 180 Å². The van der Waals surface area contributed by atoms with Crippen molar-refractivity contribution < 1.29 is 27.1 Å². The van der Waals surface area contributed by atoms with Crippen molar-refractivity contribution in [2.24, 2.45) is 4.99 Å². The lowest BCUT2D eigenvalue weighted by atomic mass is 9.87. The molecule has 3 rings (SSSR count). The second-order valence-corrected chi connectivity index (χ2v) is 10.8. The number of carbonyl (C=O) groups is 2. The van der Waals surface area contributed by atoms with Crippen molar-refractivity contribution >= 4 is 33.7 Å². The maximum Gasteiger partial charge on any atom is 0.437 e. The number of amides is 2. The number of nitrogen functional groups attached to an aromatic ring is 1. The molecule has 0 spiro atoms. The van der Waals surface area contributed by atoms with Gasteiger partial charge in [0.15, 0.2) is 0 Å². The Hall–Kier alpha value is -2.89. The number of halogens is 1. The summed E-state index contributed by atoms with van der Waals surface area (Å²) in [6.07, 6.45) is -1.01. The first-order chi connectivity index (χ1) is 14.2. The lowest BCUT2D eigenvalue weighted by Crippen LogP contribution is -2.67. The quantitative estimate of drug-likeness (QED) is 0.603. The fourth-order valence-electron chi connectivity index (χ4n) is 3.80. The normalized spacial score (nSPS) is 26.4. The van der Waals surface area contributed by atoms with Crippen molar-refractivity contribution in [2.75, 3.05) is 25.9 Å². The van der Waals surface area contributed by atoms with Gasteiger partial charge in [-0.1, -0.05) is 0 Å².